The van der Waals surface area contributed by atoms with Gasteiger partial charge in [0, 0.05) is 17.0 Å². The summed E-state index contributed by atoms with van der Waals surface area (Å²) in [5, 5.41) is 6.90. The van der Waals surface area contributed by atoms with Crippen molar-refractivity contribution in [3.05, 3.63) is 41.6 Å². The van der Waals surface area contributed by atoms with Crippen molar-refractivity contribution in [1.29, 1.82) is 0 Å². The molecule has 1 aromatic heterocycles. The highest BCUT2D eigenvalue weighted by Crippen LogP contribution is 2.23. The number of carbonyl (C=O) groups is 2. The molecule has 1 atom stereocenters. The van der Waals surface area contributed by atoms with Gasteiger partial charge in [0.2, 0.25) is 0 Å². The molecule has 0 aliphatic rings. The number of rotatable bonds is 7. The quantitative estimate of drug-likeness (QED) is 0.589. The lowest BCUT2D eigenvalue weighted by Gasteiger charge is -2.15. The summed E-state index contributed by atoms with van der Waals surface area (Å²) in [6, 6.07) is 7.90. The summed E-state index contributed by atoms with van der Waals surface area (Å²) in [4.78, 5) is 25.3. The van der Waals surface area contributed by atoms with E-state index in [-0.39, 0.29) is 17.7 Å². The van der Waals surface area contributed by atoms with Crippen LogP contribution < -0.4 is 5.32 Å². The van der Waals surface area contributed by atoms with Gasteiger partial charge >= 0.3 is 5.97 Å². The first-order chi connectivity index (χ1) is 12.3. The second-order valence-electron chi connectivity index (χ2n) is 6.43. The van der Waals surface area contributed by atoms with Gasteiger partial charge in [-0.25, -0.2) is 4.68 Å². The molecule has 1 aromatic carbocycles. The molecular weight excluding hydrogens is 350 g/mol. The minimum Gasteiger partial charge on any atom is -0.452 e. The lowest BCUT2D eigenvalue weighted by molar-refractivity contribution is -0.150. The maximum Gasteiger partial charge on any atom is 0.317 e. The van der Waals surface area contributed by atoms with Crippen molar-refractivity contribution in [2.75, 3.05) is 11.1 Å². The van der Waals surface area contributed by atoms with Crippen molar-refractivity contribution in [1.82, 2.24) is 9.78 Å². The van der Waals surface area contributed by atoms with Crippen molar-refractivity contribution >= 4 is 29.5 Å². The predicted molar refractivity (Wildman–Crippen MR) is 103 cm³/mol. The van der Waals surface area contributed by atoms with Gasteiger partial charge in [0.05, 0.1) is 11.9 Å². The smallest absolute Gasteiger partial charge is 0.317 e. The first kappa shape index (κ1) is 20.0. The van der Waals surface area contributed by atoms with Crippen LogP contribution in [0.4, 0.5) is 5.82 Å². The molecule has 0 bridgehead atoms. The number of thioether (sulfide) groups is 1. The molecule has 1 heterocycles. The predicted octanol–water partition coefficient (Wildman–Crippen LogP) is 3.74. The zero-order chi connectivity index (χ0) is 19.3. The molecule has 26 heavy (non-hydrogen) atoms. The Balaban J connectivity index is 1.86. The number of amides is 1. The van der Waals surface area contributed by atoms with Gasteiger partial charge in [-0.15, -0.1) is 11.8 Å². The number of hydrogen-bond donors (Lipinski definition) is 1. The molecule has 0 unspecified atom stereocenters. The lowest BCUT2D eigenvalue weighted by atomic mass is 10.2. The Morgan fingerprint density at radius 1 is 1.23 bits per heavy atom. The number of ether oxygens (including phenoxy) is 1. The number of hydrogen-bond acceptors (Lipinski definition) is 5. The number of aryl methyl sites for hydroxylation is 2. The first-order valence-electron chi connectivity index (χ1n) is 8.52. The third kappa shape index (κ3) is 5.36. The van der Waals surface area contributed by atoms with Gasteiger partial charge in [-0.05, 0) is 46.2 Å². The lowest BCUT2D eigenvalue weighted by Crippen LogP contribution is -2.31. The van der Waals surface area contributed by atoms with Gasteiger partial charge in [-0.3, -0.25) is 9.59 Å². The van der Waals surface area contributed by atoms with Gasteiger partial charge in [0.1, 0.15) is 5.82 Å². The van der Waals surface area contributed by atoms with Crippen LogP contribution in [0.2, 0.25) is 0 Å². The highest BCUT2D eigenvalue weighted by atomic mass is 32.2. The van der Waals surface area contributed by atoms with E-state index in [4.69, 9.17) is 4.74 Å². The van der Waals surface area contributed by atoms with Crippen LogP contribution in [-0.4, -0.2) is 33.5 Å². The standard InChI is InChI=1S/C19H25N3O3S/c1-12(2)22-17(8-9-20-22)21-19(24)15(5)25-18(23)11-26-16-7-6-13(3)10-14(16)4/h6-10,12,15H,11H2,1-5H3,(H,21,24)/t15-/m0/s1. The summed E-state index contributed by atoms with van der Waals surface area (Å²) in [6.07, 6.45) is 0.741. The second-order valence-corrected chi connectivity index (χ2v) is 7.45. The molecule has 140 valence electrons. The molecule has 0 saturated carbocycles. The molecule has 0 spiro atoms. The second kappa shape index (κ2) is 8.89. The summed E-state index contributed by atoms with van der Waals surface area (Å²) in [5.74, 6) is -0.0596. The van der Waals surface area contributed by atoms with E-state index >= 15 is 0 Å². The van der Waals surface area contributed by atoms with Crippen LogP contribution in [0.15, 0.2) is 35.4 Å². The Labute approximate surface area is 158 Å². The summed E-state index contributed by atoms with van der Waals surface area (Å²) in [6.45, 7) is 9.54. The Kier molecular flexibility index (Phi) is 6.85. The molecule has 1 amide bonds. The molecular formula is C19H25N3O3S. The van der Waals surface area contributed by atoms with E-state index in [1.807, 2.05) is 39.8 Å². The van der Waals surface area contributed by atoms with Crippen LogP contribution in [0.25, 0.3) is 0 Å². The fourth-order valence-electron chi connectivity index (χ4n) is 2.44. The summed E-state index contributed by atoms with van der Waals surface area (Å²) in [7, 11) is 0. The number of aromatic nitrogens is 2. The highest BCUT2D eigenvalue weighted by molar-refractivity contribution is 8.00. The normalized spacial score (nSPS) is 12.1. The molecule has 0 radical (unpaired) electrons. The Morgan fingerprint density at radius 2 is 1.96 bits per heavy atom. The largest absolute Gasteiger partial charge is 0.452 e. The van der Waals surface area contributed by atoms with Crippen LogP contribution in [0.1, 0.15) is 37.9 Å². The molecule has 0 fully saturated rings. The maximum absolute atomic E-state index is 12.3. The van der Waals surface area contributed by atoms with Crippen molar-refractivity contribution in [3.8, 4) is 0 Å². The minimum atomic E-state index is -0.877. The first-order valence-corrected chi connectivity index (χ1v) is 9.50. The third-order valence-corrected chi connectivity index (χ3v) is 4.91. The molecule has 7 heteroatoms. The summed E-state index contributed by atoms with van der Waals surface area (Å²) in [5.41, 5.74) is 2.30. The van der Waals surface area contributed by atoms with E-state index in [0.29, 0.717) is 5.82 Å². The van der Waals surface area contributed by atoms with Gasteiger partial charge in [-0.2, -0.15) is 5.10 Å². The van der Waals surface area contributed by atoms with Gasteiger partial charge in [0.15, 0.2) is 6.10 Å². The fourth-order valence-corrected chi connectivity index (χ4v) is 3.23. The fraction of sp³-hybridized carbons (Fsp3) is 0.421. The van der Waals surface area contributed by atoms with Crippen LogP contribution in [0.3, 0.4) is 0 Å². The summed E-state index contributed by atoms with van der Waals surface area (Å²) >= 11 is 1.41. The average molecular weight is 375 g/mol. The van der Waals surface area contributed by atoms with Crippen LogP contribution in [0, 0.1) is 13.8 Å². The van der Waals surface area contributed by atoms with E-state index in [1.54, 1.807) is 23.9 Å². The highest BCUT2D eigenvalue weighted by Gasteiger charge is 2.20. The average Bonchev–Trinajstić information content (AvgIpc) is 3.02. The number of anilines is 1. The van der Waals surface area contributed by atoms with Gasteiger partial charge in [0.25, 0.3) is 5.91 Å². The zero-order valence-corrected chi connectivity index (χ0v) is 16.6. The molecule has 2 aromatic rings. The van der Waals surface area contributed by atoms with E-state index in [2.05, 4.69) is 16.5 Å². The van der Waals surface area contributed by atoms with E-state index in [9.17, 15) is 9.59 Å². The Morgan fingerprint density at radius 3 is 2.62 bits per heavy atom. The van der Waals surface area contributed by atoms with E-state index in [0.717, 1.165) is 10.5 Å². The molecule has 6 nitrogen and oxygen atoms in total. The van der Waals surface area contributed by atoms with Crippen molar-refractivity contribution in [3.63, 3.8) is 0 Å². The molecule has 2 rings (SSSR count). The molecule has 1 N–H and O–H groups in total. The molecule has 0 saturated heterocycles. The SMILES string of the molecule is Cc1ccc(SCC(=O)O[C@@H](C)C(=O)Nc2ccnn2C(C)C)c(C)c1. The van der Waals surface area contributed by atoms with Crippen LogP contribution >= 0.6 is 11.8 Å². The van der Waals surface area contributed by atoms with Crippen molar-refractivity contribution in [2.24, 2.45) is 0 Å². The van der Waals surface area contributed by atoms with E-state index in [1.165, 1.54) is 17.3 Å². The monoisotopic (exact) mass is 375 g/mol. The number of esters is 1. The summed E-state index contributed by atoms with van der Waals surface area (Å²) < 4.78 is 6.94. The number of nitrogens with one attached hydrogen (secondary N) is 1. The van der Waals surface area contributed by atoms with Gasteiger partial charge in [-0.1, -0.05) is 17.7 Å². The van der Waals surface area contributed by atoms with Crippen LogP contribution in [0.5, 0.6) is 0 Å². The number of benzene rings is 1. The minimum absolute atomic E-state index is 0.118. The zero-order valence-electron chi connectivity index (χ0n) is 15.8. The third-order valence-electron chi connectivity index (χ3n) is 3.76. The molecule has 0 aliphatic heterocycles. The maximum atomic E-state index is 12.3. The van der Waals surface area contributed by atoms with Gasteiger partial charge < -0.3 is 10.1 Å². The van der Waals surface area contributed by atoms with Crippen molar-refractivity contribution in [2.45, 2.75) is 51.7 Å². The Hall–Kier alpha value is -2.28. The number of nitrogens with zero attached hydrogens (tertiary/aromatic N) is 2. The molecule has 0 aliphatic carbocycles. The van der Waals surface area contributed by atoms with Crippen LogP contribution in [-0.2, 0) is 14.3 Å². The Bertz CT molecular complexity index is 786. The number of carbonyl (C=O) groups excluding carboxylic acids is 2. The van der Waals surface area contributed by atoms with E-state index < -0.39 is 12.1 Å². The topological polar surface area (TPSA) is 73.2 Å². The van der Waals surface area contributed by atoms with Crippen molar-refractivity contribution < 1.29 is 14.3 Å².